The van der Waals surface area contributed by atoms with Crippen LogP contribution < -0.4 is 5.32 Å². The molecule has 0 saturated heterocycles. The zero-order chi connectivity index (χ0) is 15.1. The van der Waals surface area contributed by atoms with E-state index in [1.54, 1.807) is 6.20 Å². The summed E-state index contributed by atoms with van der Waals surface area (Å²) in [7, 11) is 4.03. The van der Waals surface area contributed by atoms with Gasteiger partial charge in [0.2, 0.25) is 0 Å². The highest BCUT2D eigenvalue weighted by atomic mass is 16.2. The molecule has 0 aliphatic rings. The fourth-order valence-corrected chi connectivity index (χ4v) is 2.29. The summed E-state index contributed by atoms with van der Waals surface area (Å²) in [4.78, 5) is 20.7. The standard InChI is InChI=1S/C15H26N4O/c1-6-16-13-8-9-17-14(10-13)15(20)19(7-2)12(3)11-18(4)5/h8-10,12H,6-7,11H2,1-5H3,(H,16,17). The summed E-state index contributed by atoms with van der Waals surface area (Å²) >= 11 is 0. The van der Waals surface area contributed by atoms with Crippen LogP contribution in [0.4, 0.5) is 5.69 Å². The second kappa shape index (κ2) is 7.85. The van der Waals surface area contributed by atoms with Crippen LogP contribution in [0.1, 0.15) is 31.3 Å². The second-order valence-corrected chi connectivity index (χ2v) is 5.16. The molecule has 0 saturated carbocycles. The lowest BCUT2D eigenvalue weighted by Gasteiger charge is -2.30. The third-order valence-corrected chi connectivity index (χ3v) is 3.12. The second-order valence-electron chi connectivity index (χ2n) is 5.16. The molecule has 1 rings (SSSR count). The maximum absolute atomic E-state index is 12.6. The number of carbonyl (C=O) groups is 1. The normalized spacial score (nSPS) is 12.3. The number of hydrogen-bond acceptors (Lipinski definition) is 4. The Morgan fingerprint density at radius 2 is 2.10 bits per heavy atom. The van der Waals surface area contributed by atoms with Crippen LogP contribution in [0.3, 0.4) is 0 Å². The molecule has 1 unspecified atom stereocenters. The van der Waals surface area contributed by atoms with Gasteiger partial charge in [-0.1, -0.05) is 0 Å². The number of likely N-dealkylation sites (N-methyl/N-ethyl adjacent to an activating group) is 2. The predicted octanol–water partition coefficient (Wildman–Crippen LogP) is 1.93. The molecule has 1 aromatic heterocycles. The predicted molar refractivity (Wildman–Crippen MR) is 83.1 cm³/mol. The van der Waals surface area contributed by atoms with Gasteiger partial charge in [0, 0.05) is 37.6 Å². The van der Waals surface area contributed by atoms with Crippen molar-refractivity contribution in [2.45, 2.75) is 26.8 Å². The van der Waals surface area contributed by atoms with E-state index in [1.807, 2.05) is 45.0 Å². The van der Waals surface area contributed by atoms with Crippen molar-refractivity contribution in [3.05, 3.63) is 24.0 Å². The highest BCUT2D eigenvalue weighted by molar-refractivity contribution is 5.93. The van der Waals surface area contributed by atoms with Gasteiger partial charge in [0.15, 0.2) is 0 Å². The molecule has 1 amide bonds. The first-order chi connectivity index (χ1) is 9.49. The Kier molecular flexibility index (Phi) is 6.45. The van der Waals surface area contributed by atoms with Gasteiger partial charge >= 0.3 is 0 Å². The van der Waals surface area contributed by atoms with E-state index in [4.69, 9.17) is 0 Å². The van der Waals surface area contributed by atoms with Crippen molar-refractivity contribution in [3.63, 3.8) is 0 Å². The summed E-state index contributed by atoms with van der Waals surface area (Å²) in [5, 5.41) is 3.20. The van der Waals surface area contributed by atoms with Gasteiger partial charge in [-0.3, -0.25) is 9.78 Å². The van der Waals surface area contributed by atoms with Crippen molar-refractivity contribution < 1.29 is 4.79 Å². The van der Waals surface area contributed by atoms with Gasteiger partial charge in [0.05, 0.1) is 0 Å². The Bertz CT molecular complexity index is 434. The summed E-state index contributed by atoms with van der Waals surface area (Å²) in [6.07, 6.45) is 1.68. The summed E-state index contributed by atoms with van der Waals surface area (Å²) in [5.74, 6) is -0.0124. The highest BCUT2D eigenvalue weighted by Gasteiger charge is 2.21. The Morgan fingerprint density at radius 3 is 2.65 bits per heavy atom. The molecule has 1 aromatic rings. The molecule has 0 radical (unpaired) electrons. The molecule has 112 valence electrons. The van der Waals surface area contributed by atoms with Crippen molar-refractivity contribution >= 4 is 11.6 Å². The van der Waals surface area contributed by atoms with Crippen LogP contribution in [-0.4, -0.2) is 60.5 Å². The van der Waals surface area contributed by atoms with E-state index in [-0.39, 0.29) is 11.9 Å². The smallest absolute Gasteiger partial charge is 0.272 e. The molecular formula is C15H26N4O. The third-order valence-electron chi connectivity index (χ3n) is 3.12. The number of hydrogen-bond donors (Lipinski definition) is 1. The zero-order valence-corrected chi connectivity index (χ0v) is 13.2. The molecule has 5 heteroatoms. The molecule has 0 bridgehead atoms. The van der Waals surface area contributed by atoms with E-state index in [2.05, 4.69) is 22.1 Å². The zero-order valence-electron chi connectivity index (χ0n) is 13.2. The van der Waals surface area contributed by atoms with Crippen molar-refractivity contribution in [2.24, 2.45) is 0 Å². The van der Waals surface area contributed by atoms with E-state index in [0.29, 0.717) is 12.2 Å². The van der Waals surface area contributed by atoms with Gasteiger partial charge in [0.25, 0.3) is 5.91 Å². The number of carbonyl (C=O) groups excluding carboxylic acids is 1. The average molecular weight is 278 g/mol. The molecule has 0 aliphatic heterocycles. The first kappa shape index (κ1) is 16.4. The quantitative estimate of drug-likeness (QED) is 0.828. The lowest BCUT2D eigenvalue weighted by Crippen LogP contribution is -2.44. The topological polar surface area (TPSA) is 48.5 Å². The van der Waals surface area contributed by atoms with Crippen LogP contribution in [-0.2, 0) is 0 Å². The number of pyridine rings is 1. The van der Waals surface area contributed by atoms with Crippen LogP contribution in [0.15, 0.2) is 18.3 Å². The summed E-state index contributed by atoms with van der Waals surface area (Å²) in [5.41, 5.74) is 1.43. The number of nitrogens with zero attached hydrogens (tertiary/aromatic N) is 3. The fourth-order valence-electron chi connectivity index (χ4n) is 2.29. The SMILES string of the molecule is CCNc1ccnc(C(=O)N(CC)C(C)CN(C)C)c1. The van der Waals surface area contributed by atoms with Crippen molar-refractivity contribution in [1.29, 1.82) is 0 Å². The van der Waals surface area contributed by atoms with Crippen LogP contribution in [0.25, 0.3) is 0 Å². The lowest BCUT2D eigenvalue weighted by atomic mass is 10.2. The number of anilines is 1. The van der Waals surface area contributed by atoms with Gasteiger partial charge in [-0.15, -0.1) is 0 Å². The first-order valence-corrected chi connectivity index (χ1v) is 7.15. The number of aromatic nitrogens is 1. The van der Waals surface area contributed by atoms with Gasteiger partial charge in [0.1, 0.15) is 5.69 Å². The summed E-state index contributed by atoms with van der Waals surface area (Å²) in [6, 6.07) is 3.85. The minimum absolute atomic E-state index is 0.0124. The monoisotopic (exact) mass is 278 g/mol. The summed E-state index contributed by atoms with van der Waals surface area (Å²) in [6.45, 7) is 8.44. The lowest BCUT2D eigenvalue weighted by molar-refractivity contribution is 0.0673. The van der Waals surface area contributed by atoms with Crippen LogP contribution in [0.2, 0.25) is 0 Å². The molecule has 0 fully saturated rings. The van der Waals surface area contributed by atoms with Crippen molar-refractivity contribution in [1.82, 2.24) is 14.8 Å². The van der Waals surface area contributed by atoms with E-state index in [1.165, 1.54) is 0 Å². The van der Waals surface area contributed by atoms with Gasteiger partial charge in [-0.2, -0.15) is 0 Å². The number of nitrogens with one attached hydrogen (secondary N) is 1. The molecule has 1 N–H and O–H groups in total. The molecular weight excluding hydrogens is 252 g/mol. The molecule has 1 atom stereocenters. The molecule has 0 aliphatic carbocycles. The molecule has 0 spiro atoms. The van der Waals surface area contributed by atoms with E-state index in [9.17, 15) is 4.79 Å². The Hall–Kier alpha value is -1.62. The Labute approximate surface area is 122 Å². The fraction of sp³-hybridized carbons (Fsp3) is 0.600. The highest BCUT2D eigenvalue weighted by Crippen LogP contribution is 2.12. The average Bonchev–Trinajstić information content (AvgIpc) is 2.39. The molecule has 5 nitrogen and oxygen atoms in total. The van der Waals surface area contributed by atoms with Crippen LogP contribution in [0.5, 0.6) is 0 Å². The largest absolute Gasteiger partial charge is 0.385 e. The summed E-state index contributed by atoms with van der Waals surface area (Å²) < 4.78 is 0. The van der Waals surface area contributed by atoms with Gasteiger partial charge in [-0.25, -0.2) is 0 Å². The van der Waals surface area contributed by atoms with E-state index in [0.717, 1.165) is 18.8 Å². The van der Waals surface area contributed by atoms with Crippen LogP contribution in [0, 0.1) is 0 Å². The number of amides is 1. The number of rotatable bonds is 7. The minimum atomic E-state index is -0.0124. The molecule has 0 aromatic carbocycles. The first-order valence-electron chi connectivity index (χ1n) is 7.15. The molecule has 20 heavy (non-hydrogen) atoms. The molecule has 1 heterocycles. The Balaban J connectivity index is 2.87. The van der Waals surface area contributed by atoms with E-state index < -0.39 is 0 Å². The van der Waals surface area contributed by atoms with Crippen LogP contribution >= 0.6 is 0 Å². The van der Waals surface area contributed by atoms with Gasteiger partial charge < -0.3 is 15.1 Å². The van der Waals surface area contributed by atoms with Gasteiger partial charge in [-0.05, 0) is 47.0 Å². The minimum Gasteiger partial charge on any atom is -0.385 e. The van der Waals surface area contributed by atoms with Crippen molar-refractivity contribution in [3.8, 4) is 0 Å². The Morgan fingerprint density at radius 1 is 1.40 bits per heavy atom. The third kappa shape index (κ3) is 4.49. The van der Waals surface area contributed by atoms with Crippen molar-refractivity contribution in [2.75, 3.05) is 39.0 Å². The van der Waals surface area contributed by atoms with E-state index >= 15 is 0 Å². The maximum atomic E-state index is 12.6. The maximum Gasteiger partial charge on any atom is 0.272 e.